The third-order valence-electron chi connectivity index (χ3n) is 2.64. The quantitative estimate of drug-likeness (QED) is 0.824. The van der Waals surface area contributed by atoms with Crippen molar-refractivity contribution in [3.63, 3.8) is 0 Å². The molecule has 0 unspecified atom stereocenters. The second-order valence-electron chi connectivity index (χ2n) is 4.29. The number of anilines is 1. The first kappa shape index (κ1) is 16.6. The summed E-state index contributed by atoms with van der Waals surface area (Å²) in [7, 11) is 0. The Kier molecular flexibility index (Phi) is 5.40. The molecule has 0 saturated carbocycles. The molecule has 0 fully saturated rings. The summed E-state index contributed by atoms with van der Waals surface area (Å²) in [4.78, 5) is 11.7. The molecule has 8 heteroatoms. The molecule has 0 radical (unpaired) electrons. The second-order valence-corrected chi connectivity index (χ2v) is 4.29. The van der Waals surface area contributed by atoms with Crippen molar-refractivity contribution >= 4 is 11.6 Å². The topological polar surface area (TPSA) is 47.6 Å². The van der Waals surface area contributed by atoms with Crippen LogP contribution in [0.4, 0.5) is 23.2 Å². The van der Waals surface area contributed by atoms with Crippen LogP contribution in [0.15, 0.2) is 42.5 Å². The molecule has 2 aromatic carbocycles. The minimum Gasteiger partial charge on any atom is -0.484 e. The molecule has 1 amide bonds. The highest BCUT2D eigenvalue weighted by atomic mass is 19.3. The zero-order chi connectivity index (χ0) is 16.8. The molecule has 23 heavy (non-hydrogen) atoms. The van der Waals surface area contributed by atoms with Gasteiger partial charge in [0.05, 0.1) is 5.69 Å². The van der Waals surface area contributed by atoms with Crippen LogP contribution in [-0.2, 0) is 4.79 Å². The minimum atomic E-state index is -3.04. The van der Waals surface area contributed by atoms with Gasteiger partial charge in [0.25, 0.3) is 5.91 Å². The predicted octanol–water partition coefficient (Wildman–Crippen LogP) is 3.58. The van der Waals surface area contributed by atoms with Crippen molar-refractivity contribution in [1.29, 1.82) is 0 Å². The third-order valence-corrected chi connectivity index (χ3v) is 2.64. The van der Waals surface area contributed by atoms with E-state index in [1.807, 2.05) is 0 Å². The van der Waals surface area contributed by atoms with Gasteiger partial charge in [0.2, 0.25) is 0 Å². The van der Waals surface area contributed by atoms with Crippen LogP contribution in [-0.4, -0.2) is 19.1 Å². The van der Waals surface area contributed by atoms with E-state index < -0.39 is 30.8 Å². The van der Waals surface area contributed by atoms with Crippen LogP contribution in [0.2, 0.25) is 0 Å². The van der Waals surface area contributed by atoms with E-state index >= 15 is 0 Å². The van der Waals surface area contributed by atoms with Crippen molar-refractivity contribution in [3.8, 4) is 11.5 Å². The molecule has 0 aliphatic carbocycles. The monoisotopic (exact) mass is 329 g/mol. The van der Waals surface area contributed by atoms with Gasteiger partial charge in [-0.05, 0) is 24.3 Å². The van der Waals surface area contributed by atoms with Crippen molar-refractivity contribution in [2.24, 2.45) is 0 Å². The lowest BCUT2D eigenvalue weighted by molar-refractivity contribution is -0.118. The Hall–Kier alpha value is -2.77. The number of halogens is 4. The van der Waals surface area contributed by atoms with E-state index in [1.165, 1.54) is 24.3 Å². The van der Waals surface area contributed by atoms with Gasteiger partial charge in [-0.3, -0.25) is 4.79 Å². The maximum atomic E-state index is 13.0. The molecule has 122 valence electrons. The number of para-hydroxylation sites is 2. The first-order valence-electron chi connectivity index (χ1n) is 6.37. The standard InChI is InChI=1S/C15H11F4NO3/c16-10-6-5-9(7-11(10)17)22-8-14(21)20-12-3-1-2-4-13(12)23-15(18)19/h1-7,15H,8H2,(H,20,21). The van der Waals surface area contributed by atoms with Crippen LogP contribution < -0.4 is 14.8 Å². The van der Waals surface area contributed by atoms with E-state index in [9.17, 15) is 22.4 Å². The number of hydrogen-bond acceptors (Lipinski definition) is 3. The van der Waals surface area contributed by atoms with Crippen LogP contribution in [0.3, 0.4) is 0 Å². The number of nitrogens with one attached hydrogen (secondary N) is 1. The molecule has 2 aromatic rings. The van der Waals surface area contributed by atoms with Crippen LogP contribution >= 0.6 is 0 Å². The second kappa shape index (κ2) is 7.48. The number of amides is 1. The Labute approximate surface area is 128 Å². The SMILES string of the molecule is O=C(COc1ccc(F)c(F)c1)Nc1ccccc1OC(F)F. The summed E-state index contributed by atoms with van der Waals surface area (Å²) < 4.78 is 59.5. The maximum Gasteiger partial charge on any atom is 0.387 e. The Morgan fingerprint density at radius 2 is 1.83 bits per heavy atom. The van der Waals surface area contributed by atoms with Crippen molar-refractivity contribution in [1.82, 2.24) is 0 Å². The fraction of sp³-hybridized carbons (Fsp3) is 0.133. The average Bonchev–Trinajstić information content (AvgIpc) is 2.50. The third kappa shape index (κ3) is 4.87. The van der Waals surface area contributed by atoms with Crippen LogP contribution in [0.1, 0.15) is 0 Å². The van der Waals surface area contributed by atoms with E-state index in [-0.39, 0.29) is 17.2 Å². The molecule has 0 aromatic heterocycles. The summed E-state index contributed by atoms with van der Waals surface area (Å²) in [5.74, 6) is -3.08. The van der Waals surface area contributed by atoms with Crippen LogP contribution in [0.5, 0.6) is 11.5 Å². The van der Waals surface area contributed by atoms with Crippen molar-refractivity contribution in [2.75, 3.05) is 11.9 Å². The number of ether oxygens (including phenoxy) is 2. The molecule has 1 N–H and O–H groups in total. The van der Waals surface area contributed by atoms with Gasteiger partial charge in [0.15, 0.2) is 18.2 Å². The predicted molar refractivity (Wildman–Crippen MR) is 73.6 cm³/mol. The number of rotatable bonds is 6. The zero-order valence-electron chi connectivity index (χ0n) is 11.6. The first-order valence-corrected chi connectivity index (χ1v) is 6.37. The summed E-state index contributed by atoms with van der Waals surface area (Å²) in [6.45, 7) is -3.56. The highest BCUT2D eigenvalue weighted by Gasteiger charge is 2.12. The maximum absolute atomic E-state index is 13.0. The van der Waals surface area contributed by atoms with E-state index in [0.29, 0.717) is 0 Å². The number of carbonyl (C=O) groups excluding carboxylic acids is 1. The smallest absolute Gasteiger partial charge is 0.387 e. The molecule has 2 rings (SSSR count). The number of carbonyl (C=O) groups is 1. The van der Waals surface area contributed by atoms with Gasteiger partial charge in [0.1, 0.15) is 11.5 Å². The lowest BCUT2D eigenvalue weighted by Gasteiger charge is -2.12. The lowest BCUT2D eigenvalue weighted by Crippen LogP contribution is -2.21. The van der Waals surface area contributed by atoms with Crippen molar-refractivity contribution in [2.45, 2.75) is 6.61 Å². The Balaban J connectivity index is 1.96. The molecule has 4 nitrogen and oxygen atoms in total. The van der Waals surface area contributed by atoms with E-state index in [2.05, 4.69) is 10.1 Å². The summed E-state index contributed by atoms with van der Waals surface area (Å²) in [6.07, 6.45) is 0. The van der Waals surface area contributed by atoms with Gasteiger partial charge in [-0.15, -0.1) is 0 Å². The average molecular weight is 329 g/mol. The van der Waals surface area contributed by atoms with Gasteiger partial charge < -0.3 is 14.8 Å². The number of alkyl halides is 2. The molecule has 0 heterocycles. The summed E-state index contributed by atoms with van der Waals surface area (Å²) >= 11 is 0. The van der Waals surface area contributed by atoms with Crippen molar-refractivity contribution < 1.29 is 31.8 Å². The van der Waals surface area contributed by atoms with E-state index in [0.717, 1.165) is 18.2 Å². The highest BCUT2D eigenvalue weighted by Crippen LogP contribution is 2.25. The largest absolute Gasteiger partial charge is 0.484 e. The summed E-state index contributed by atoms with van der Waals surface area (Å²) in [6, 6.07) is 8.41. The fourth-order valence-corrected chi connectivity index (χ4v) is 1.67. The van der Waals surface area contributed by atoms with Gasteiger partial charge >= 0.3 is 6.61 Å². The van der Waals surface area contributed by atoms with E-state index in [1.54, 1.807) is 0 Å². The Morgan fingerprint density at radius 1 is 1.09 bits per heavy atom. The summed E-state index contributed by atoms with van der Waals surface area (Å²) in [5, 5.41) is 2.32. The first-order chi connectivity index (χ1) is 11.0. The molecule has 0 aliphatic heterocycles. The Morgan fingerprint density at radius 3 is 2.52 bits per heavy atom. The van der Waals surface area contributed by atoms with E-state index in [4.69, 9.17) is 4.74 Å². The summed E-state index contributed by atoms with van der Waals surface area (Å²) in [5.41, 5.74) is 0.0340. The van der Waals surface area contributed by atoms with Gasteiger partial charge in [-0.1, -0.05) is 12.1 Å². The molecule has 0 spiro atoms. The lowest BCUT2D eigenvalue weighted by atomic mass is 10.3. The van der Waals surface area contributed by atoms with Crippen LogP contribution in [0, 0.1) is 11.6 Å². The molecule has 0 atom stereocenters. The van der Waals surface area contributed by atoms with Gasteiger partial charge in [-0.2, -0.15) is 8.78 Å². The van der Waals surface area contributed by atoms with Crippen molar-refractivity contribution in [3.05, 3.63) is 54.1 Å². The van der Waals surface area contributed by atoms with Gasteiger partial charge in [0, 0.05) is 6.07 Å². The molecule has 0 aliphatic rings. The molecule has 0 bridgehead atoms. The number of hydrogen-bond donors (Lipinski definition) is 1. The number of benzene rings is 2. The minimum absolute atomic E-state index is 0.0340. The molecule has 0 saturated heterocycles. The van der Waals surface area contributed by atoms with Gasteiger partial charge in [-0.25, -0.2) is 8.78 Å². The molecular formula is C15H11F4NO3. The highest BCUT2D eigenvalue weighted by molar-refractivity contribution is 5.93. The normalized spacial score (nSPS) is 10.5. The Bertz CT molecular complexity index is 694. The fourth-order valence-electron chi connectivity index (χ4n) is 1.67. The zero-order valence-corrected chi connectivity index (χ0v) is 11.6. The molecular weight excluding hydrogens is 318 g/mol. The van der Waals surface area contributed by atoms with Crippen LogP contribution in [0.25, 0.3) is 0 Å².